The third kappa shape index (κ3) is 7.62. The van der Waals surface area contributed by atoms with Gasteiger partial charge in [-0.3, -0.25) is 19.7 Å². The molecule has 1 aliphatic heterocycles. The van der Waals surface area contributed by atoms with Crippen molar-refractivity contribution in [2.24, 2.45) is 4.99 Å². The Kier molecular flexibility index (Phi) is 9.85. The lowest BCUT2D eigenvalue weighted by Gasteiger charge is -2.25. The molecule has 0 aliphatic carbocycles. The van der Waals surface area contributed by atoms with Crippen molar-refractivity contribution in [1.82, 2.24) is 20.5 Å². The molecule has 2 aromatic rings. The highest BCUT2D eigenvalue weighted by Crippen LogP contribution is 2.19. The van der Waals surface area contributed by atoms with Crippen LogP contribution in [0.1, 0.15) is 18.4 Å². The number of carbonyl (C=O) groups is 1. The predicted molar refractivity (Wildman–Crippen MR) is 128 cm³/mol. The highest BCUT2D eigenvalue weighted by atomic mass is 127. The van der Waals surface area contributed by atoms with Crippen LogP contribution in [0.25, 0.3) is 0 Å². The molecule has 3 N–H and O–H groups in total. The van der Waals surface area contributed by atoms with Crippen molar-refractivity contribution in [3.63, 3.8) is 0 Å². The van der Waals surface area contributed by atoms with Crippen molar-refractivity contribution in [2.45, 2.75) is 25.4 Å². The number of nitrogens with zero attached hydrogens (tertiary/aromatic N) is 3. The summed E-state index contributed by atoms with van der Waals surface area (Å²) in [6.07, 6.45) is 5.66. The highest BCUT2D eigenvalue weighted by Gasteiger charge is 2.24. The summed E-state index contributed by atoms with van der Waals surface area (Å²) in [6.45, 7) is 3.03. The quantitative estimate of drug-likeness (QED) is 0.304. The van der Waals surface area contributed by atoms with E-state index in [0.717, 1.165) is 19.6 Å². The van der Waals surface area contributed by atoms with Gasteiger partial charge in [0.25, 0.3) is 0 Å². The van der Waals surface area contributed by atoms with Crippen LogP contribution < -0.4 is 16.0 Å². The minimum absolute atomic E-state index is 0. The van der Waals surface area contributed by atoms with E-state index < -0.39 is 0 Å². The van der Waals surface area contributed by atoms with E-state index in [1.165, 1.54) is 18.4 Å². The third-order valence-corrected chi connectivity index (χ3v) is 4.82. The van der Waals surface area contributed by atoms with Gasteiger partial charge in [0.2, 0.25) is 5.91 Å². The van der Waals surface area contributed by atoms with Crippen LogP contribution in [0.5, 0.6) is 0 Å². The van der Waals surface area contributed by atoms with Gasteiger partial charge in [-0.1, -0.05) is 30.3 Å². The van der Waals surface area contributed by atoms with Crippen LogP contribution in [0.15, 0.2) is 59.9 Å². The summed E-state index contributed by atoms with van der Waals surface area (Å²) >= 11 is 0. The van der Waals surface area contributed by atoms with Crippen molar-refractivity contribution in [3.05, 3.63) is 60.4 Å². The number of guanidine groups is 1. The summed E-state index contributed by atoms with van der Waals surface area (Å²) in [4.78, 5) is 22.8. The zero-order valence-electron chi connectivity index (χ0n) is 16.7. The fourth-order valence-electron chi connectivity index (χ4n) is 3.39. The van der Waals surface area contributed by atoms with Gasteiger partial charge in [0.1, 0.15) is 0 Å². The molecule has 0 saturated carbocycles. The van der Waals surface area contributed by atoms with Crippen LogP contribution in [0.2, 0.25) is 0 Å². The zero-order valence-corrected chi connectivity index (χ0v) is 19.0. The Morgan fingerprint density at radius 1 is 1.21 bits per heavy atom. The van der Waals surface area contributed by atoms with Crippen LogP contribution in [-0.2, 0) is 11.3 Å². The van der Waals surface area contributed by atoms with Gasteiger partial charge < -0.3 is 16.0 Å². The van der Waals surface area contributed by atoms with Gasteiger partial charge in [0.05, 0.1) is 18.4 Å². The smallest absolute Gasteiger partial charge is 0.243 e. The average molecular weight is 508 g/mol. The highest BCUT2D eigenvalue weighted by molar-refractivity contribution is 14.0. The molecule has 7 nitrogen and oxygen atoms in total. The molecule has 8 heteroatoms. The van der Waals surface area contributed by atoms with E-state index in [1.54, 1.807) is 31.6 Å². The van der Waals surface area contributed by atoms with Gasteiger partial charge in [-0.15, -0.1) is 24.0 Å². The lowest BCUT2D eigenvalue weighted by atomic mass is 10.2. The number of aliphatic imine (C=N–C) groups is 1. The molecule has 1 saturated heterocycles. The number of amides is 1. The van der Waals surface area contributed by atoms with Gasteiger partial charge in [-0.25, -0.2) is 0 Å². The Bertz CT molecular complexity index is 771. The maximum Gasteiger partial charge on any atom is 0.243 e. The SMILES string of the molecule is CN=C(NCC(=O)Nc1cccnc1)NCC1CCCN1Cc1ccccc1.I. The van der Waals surface area contributed by atoms with Gasteiger partial charge >= 0.3 is 0 Å². The number of benzene rings is 1. The number of aromatic nitrogens is 1. The minimum atomic E-state index is -0.137. The second kappa shape index (κ2) is 12.4. The number of pyridine rings is 1. The number of halogens is 1. The Morgan fingerprint density at radius 2 is 2.03 bits per heavy atom. The Hall–Kier alpha value is -2.20. The van der Waals surface area contributed by atoms with Crippen molar-refractivity contribution >= 4 is 41.5 Å². The molecule has 3 rings (SSSR count). The molecule has 1 unspecified atom stereocenters. The van der Waals surface area contributed by atoms with Crippen molar-refractivity contribution in [2.75, 3.05) is 32.0 Å². The van der Waals surface area contributed by atoms with Gasteiger partial charge in [0, 0.05) is 32.4 Å². The predicted octanol–water partition coefficient (Wildman–Crippen LogP) is 2.47. The molecule has 1 amide bonds. The lowest BCUT2D eigenvalue weighted by Crippen LogP contribution is -2.46. The molecule has 1 fully saturated rings. The first-order chi connectivity index (χ1) is 13.7. The average Bonchev–Trinajstić information content (AvgIpc) is 3.16. The molecule has 1 aromatic carbocycles. The summed E-state index contributed by atoms with van der Waals surface area (Å²) in [5.74, 6) is 0.496. The largest absolute Gasteiger partial charge is 0.355 e. The normalized spacial score (nSPS) is 16.7. The van der Waals surface area contributed by atoms with E-state index in [4.69, 9.17) is 0 Å². The van der Waals surface area contributed by atoms with Crippen molar-refractivity contribution < 1.29 is 4.79 Å². The second-order valence-corrected chi connectivity index (χ2v) is 6.85. The topological polar surface area (TPSA) is 81.6 Å². The maximum atomic E-state index is 12.1. The Morgan fingerprint density at radius 3 is 2.76 bits per heavy atom. The Balaban J connectivity index is 0.00000300. The first-order valence-electron chi connectivity index (χ1n) is 9.67. The van der Waals surface area contributed by atoms with Crippen LogP contribution in [0.3, 0.4) is 0 Å². The summed E-state index contributed by atoms with van der Waals surface area (Å²) in [5, 5.41) is 9.22. The molecule has 0 radical (unpaired) electrons. The molecule has 156 valence electrons. The summed E-state index contributed by atoms with van der Waals surface area (Å²) in [6, 6.07) is 14.6. The Labute approximate surface area is 189 Å². The molecule has 0 spiro atoms. The number of anilines is 1. The molecule has 1 aliphatic rings. The first-order valence-corrected chi connectivity index (χ1v) is 9.67. The molecule has 2 heterocycles. The van der Waals surface area contributed by atoms with Crippen LogP contribution in [-0.4, -0.2) is 54.5 Å². The van der Waals surface area contributed by atoms with Crippen molar-refractivity contribution in [3.8, 4) is 0 Å². The summed E-state index contributed by atoms with van der Waals surface area (Å²) in [5.41, 5.74) is 2.02. The van der Waals surface area contributed by atoms with Gasteiger partial charge in [-0.2, -0.15) is 0 Å². The molecule has 0 bridgehead atoms. The fourth-order valence-corrected chi connectivity index (χ4v) is 3.39. The van der Waals surface area contributed by atoms with E-state index in [2.05, 4.69) is 55.1 Å². The van der Waals surface area contributed by atoms with Crippen LogP contribution >= 0.6 is 24.0 Å². The molecule has 1 aromatic heterocycles. The number of hydrogen-bond acceptors (Lipinski definition) is 4. The maximum absolute atomic E-state index is 12.1. The van der Waals surface area contributed by atoms with Crippen molar-refractivity contribution in [1.29, 1.82) is 0 Å². The lowest BCUT2D eigenvalue weighted by molar-refractivity contribution is -0.115. The standard InChI is InChI=1S/C21H28N6O.HI/c1-22-21(25-15-20(28)26-18-9-5-11-23-13-18)24-14-19-10-6-12-27(19)16-17-7-3-2-4-8-17;/h2-5,7-9,11,13,19H,6,10,12,14-16H2,1H3,(H,26,28)(H2,22,24,25);1H. The number of hydrogen-bond donors (Lipinski definition) is 3. The van der Waals surface area contributed by atoms with E-state index >= 15 is 0 Å². The van der Waals surface area contributed by atoms with Gasteiger partial charge in [-0.05, 0) is 37.1 Å². The summed E-state index contributed by atoms with van der Waals surface area (Å²) in [7, 11) is 1.71. The number of nitrogens with one attached hydrogen (secondary N) is 3. The summed E-state index contributed by atoms with van der Waals surface area (Å²) < 4.78 is 0. The van der Waals surface area contributed by atoms with Crippen LogP contribution in [0, 0.1) is 0 Å². The number of likely N-dealkylation sites (tertiary alicyclic amines) is 1. The molecule has 29 heavy (non-hydrogen) atoms. The van der Waals surface area contributed by atoms with Crippen LogP contribution in [0.4, 0.5) is 5.69 Å². The van der Waals surface area contributed by atoms with E-state index in [1.807, 2.05) is 6.07 Å². The number of carbonyl (C=O) groups excluding carboxylic acids is 1. The van der Waals surface area contributed by atoms with E-state index in [9.17, 15) is 4.79 Å². The zero-order chi connectivity index (χ0) is 19.6. The molecular weight excluding hydrogens is 479 g/mol. The molecule has 1 atom stereocenters. The molecular formula is C21H29IN6O. The van der Waals surface area contributed by atoms with E-state index in [-0.39, 0.29) is 36.4 Å². The minimum Gasteiger partial charge on any atom is -0.355 e. The van der Waals surface area contributed by atoms with Gasteiger partial charge in [0.15, 0.2) is 5.96 Å². The number of rotatable bonds is 7. The first kappa shape index (κ1) is 23.1. The van der Waals surface area contributed by atoms with E-state index in [0.29, 0.717) is 17.7 Å². The third-order valence-electron chi connectivity index (χ3n) is 4.82. The monoisotopic (exact) mass is 508 g/mol. The fraction of sp³-hybridized carbons (Fsp3) is 0.381. The second-order valence-electron chi connectivity index (χ2n) is 6.85.